The summed E-state index contributed by atoms with van der Waals surface area (Å²) >= 11 is 1.46. The van der Waals surface area contributed by atoms with Gasteiger partial charge in [0.05, 0.1) is 22.8 Å². The number of nitrogens with zero attached hydrogens (tertiary/aromatic N) is 5. The van der Waals surface area contributed by atoms with Gasteiger partial charge in [-0.25, -0.2) is 14.6 Å². The fraction of sp³-hybridized carbons (Fsp3) is 0.280. The van der Waals surface area contributed by atoms with Crippen LogP contribution in [0.25, 0.3) is 22.3 Å². The number of pyridine rings is 1. The molecule has 0 atom stereocenters. The number of thiazole rings is 1. The Morgan fingerprint density at radius 2 is 2.06 bits per heavy atom. The van der Waals surface area contributed by atoms with Gasteiger partial charge >= 0.3 is 0 Å². The summed E-state index contributed by atoms with van der Waals surface area (Å²) in [5, 5.41) is 7.95. The molecule has 0 radical (unpaired) electrons. The number of carbonyl (C=O) groups is 1. The van der Waals surface area contributed by atoms with Crippen molar-refractivity contribution in [1.29, 1.82) is 0 Å². The minimum Gasteiger partial charge on any atom is -0.280 e. The van der Waals surface area contributed by atoms with Crippen LogP contribution in [0.15, 0.2) is 60.6 Å². The first-order chi connectivity index (χ1) is 15.6. The molecule has 0 bridgehead atoms. The fourth-order valence-electron chi connectivity index (χ4n) is 3.83. The Kier molecular flexibility index (Phi) is 5.35. The van der Waals surface area contributed by atoms with E-state index in [0.717, 1.165) is 40.8 Å². The van der Waals surface area contributed by atoms with Gasteiger partial charge < -0.3 is 0 Å². The smallest absolute Gasteiger partial charge is 0.261 e. The van der Waals surface area contributed by atoms with Crippen LogP contribution in [0, 0.1) is 0 Å². The van der Waals surface area contributed by atoms with Gasteiger partial charge in [-0.05, 0) is 32.8 Å². The molecular weight excluding hydrogens is 418 g/mol. The normalized spacial score (nSPS) is 13.6. The Bertz CT molecular complexity index is 1290. The molecule has 5 rings (SSSR count). The molecule has 32 heavy (non-hydrogen) atoms. The zero-order chi connectivity index (χ0) is 22.2. The van der Waals surface area contributed by atoms with Crippen molar-refractivity contribution in [2.75, 3.05) is 11.4 Å². The van der Waals surface area contributed by atoms with Gasteiger partial charge in [0, 0.05) is 35.1 Å². The summed E-state index contributed by atoms with van der Waals surface area (Å²) in [5.74, 6) is 0.329. The molecule has 1 saturated carbocycles. The number of rotatable bonds is 7. The number of aromatic nitrogens is 4. The third kappa shape index (κ3) is 3.73. The number of hydrogen-bond donors (Lipinski definition) is 0. The third-order valence-corrected chi connectivity index (χ3v) is 6.51. The van der Waals surface area contributed by atoms with Gasteiger partial charge in [-0.3, -0.25) is 9.69 Å². The summed E-state index contributed by atoms with van der Waals surface area (Å²) in [6, 6.07) is 12.1. The topological polar surface area (TPSA) is 63.9 Å². The van der Waals surface area contributed by atoms with Crippen LogP contribution in [0.2, 0.25) is 0 Å². The number of anilines is 1. The maximum absolute atomic E-state index is 13.8. The molecule has 1 fully saturated rings. The van der Waals surface area contributed by atoms with Crippen LogP contribution >= 0.6 is 11.3 Å². The highest BCUT2D eigenvalue weighted by Gasteiger charge is 2.30. The van der Waals surface area contributed by atoms with Gasteiger partial charge in [0.25, 0.3) is 5.91 Å². The molecule has 4 aromatic rings. The first-order valence-electron chi connectivity index (χ1n) is 10.9. The molecule has 162 valence electrons. The molecule has 3 heterocycles. The molecule has 0 aliphatic heterocycles. The lowest BCUT2D eigenvalue weighted by Crippen LogP contribution is -2.31. The van der Waals surface area contributed by atoms with Crippen molar-refractivity contribution >= 4 is 33.4 Å². The van der Waals surface area contributed by atoms with Crippen molar-refractivity contribution in [2.45, 2.75) is 38.6 Å². The first kappa shape index (κ1) is 20.6. The van der Waals surface area contributed by atoms with Crippen LogP contribution in [-0.2, 0) is 0 Å². The molecule has 0 unspecified atom stereocenters. The lowest BCUT2D eigenvalue weighted by atomic mass is 10.1. The molecule has 1 aliphatic rings. The van der Waals surface area contributed by atoms with Gasteiger partial charge in [-0.15, -0.1) is 17.9 Å². The largest absolute Gasteiger partial charge is 0.280 e. The predicted octanol–water partition coefficient (Wildman–Crippen LogP) is 5.85. The van der Waals surface area contributed by atoms with Gasteiger partial charge in [0.2, 0.25) is 0 Å². The molecule has 0 spiro atoms. The van der Waals surface area contributed by atoms with E-state index in [9.17, 15) is 4.79 Å². The van der Waals surface area contributed by atoms with Crippen LogP contribution < -0.4 is 4.90 Å². The van der Waals surface area contributed by atoms with E-state index in [0.29, 0.717) is 23.2 Å². The highest BCUT2D eigenvalue weighted by Crippen LogP contribution is 2.40. The van der Waals surface area contributed by atoms with E-state index in [4.69, 9.17) is 9.97 Å². The number of fused-ring (bicyclic) bond motifs is 1. The average Bonchev–Trinajstić information content (AvgIpc) is 3.38. The van der Waals surface area contributed by atoms with E-state index in [2.05, 4.69) is 25.5 Å². The third-order valence-electron chi connectivity index (χ3n) is 5.65. The molecule has 6 nitrogen and oxygen atoms in total. The maximum Gasteiger partial charge on any atom is 0.261 e. The average molecular weight is 444 g/mol. The summed E-state index contributed by atoms with van der Waals surface area (Å²) < 4.78 is 1.90. The monoisotopic (exact) mass is 443 g/mol. The minimum atomic E-state index is -0.100. The molecule has 1 amide bonds. The molecule has 1 aliphatic carbocycles. The van der Waals surface area contributed by atoms with Crippen LogP contribution in [0.4, 0.5) is 5.13 Å². The Morgan fingerprint density at radius 3 is 2.75 bits per heavy atom. The molecular formula is C25H25N5OS. The molecule has 0 N–H and O–H groups in total. The van der Waals surface area contributed by atoms with Crippen LogP contribution in [0.3, 0.4) is 0 Å². The SMILES string of the molecule is C=CCN(C(=O)c1cc(C2CC2)nc2c1cnn2C(C)C)c1nc(-c2ccccc2)cs1. The van der Waals surface area contributed by atoms with Crippen molar-refractivity contribution in [3.63, 3.8) is 0 Å². The van der Waals surface area contributed by atoms with Gasteiger partial charge in [0.1, 0.15) is 0 Å². The van der Waals surface area contributed by atoms with Crippen LogP contribution in [0.5, 0.6) is 0 Å². The number of hydrogen-bond acceptors (Lipinski definition) is 5. The Morgan fingerprint density at radius 1 is 1.28 bits per heavy atom. The van der Waals surface area contributed by atoms with E-state index in [1.165, 1.54) is 11.3 Å². The number of carbonyl (C=O) groups excluding carboxylic acids is 1. The zero-order valence-electron chi connectivity index (χ0n) is 18.2. The van der Waals surface area contributed by atoms with Crippen molar-refractivity contribution < 1.29 is 4.79 Å². The Labute approximate surface area is 191 Å². The lowest BCUT2D eigenvalue weighted by Gasteiger charge is -2.19. The van der Waals surface area contributed by atoms with Crippen LogP contribution in [-0.4, -0.2) is 32.2 Å². The van der Waals surface area contributed by atoms with Crippen molar-refractivity contribution in [2.24, 2.45) is 0 Å². The number of benzene rings is 1. The van der Waals surface area contributed by atoms with Gasteiger partial charge in [-0.1, -0.05) is 36.4 Å². The summed E-state index contributed by atoms with van der Waals surface area (Å²) in [5.41, 5.74) is 4.27. The summed E-state index contributed by atoms with van der Waals surface area (Å²) in [7, 11) is 0. The van der Waals surface area contributed by atoms with Crippen LogP contribution in [0.1, 0.15) is 54.7 Å². The molecule has 3 aromatic heterocycles. The van der Waals surface area contributed by atoms with E-state index in [1.54, 1.807) is 17.2 Å². The quantitative estimate of drug-likeness (QED) is 0.336. The second-order valence-electron chi connectivity index (χ2n) is 8.37. The zero-order valence-corrected chi connectivity index (χ0v) is 19.0. The highest BCUT2D eigenvalue weighted by atomic mass is 32.1. The van der Waals surface area contributed by atoms with E-state index < -0.39 is 0 Å². The Balaban J connectivity index is 1.58. The Hall–Kier alpha value is -3.32. The number of amides is 1. The summed E-state index contributed by atoms with van der Waals surface area (Å²) in [6.07, 6.45) is 5.73. The van der Waals surface area contributed by atoms with Gasteiger partial charge in [0.15, 0.2) is 10.8 Å². The van der Waals surface area contributed by atoms with E-state index in [-0.39, 0.29) is 11.9 Å². The predicted molar refractivity (Wildman–Crippen MR) is 129 cm³/mol. The maximum atomic E-state index is 13.8. The molecule has 7 heteroatoms. The van der Waals surface area contributed by atoms with Gasteiger partial charge in [-0.2, -0.15) is 5.10 Å². The molecule has 1 aromatic carbocycles. The fourth-order valence-corrected chi connectivity index (χ4v) is 4.67. The molecule has 0 saturated heterocycles. The first-order valence-corrected chi connectivity index (χ1v) is 11.8. The summed E-state index contributed by atoms with van der Waals surface area (Å²) in [6.45, 7) is 8.39. The van der Waals surface area contributed by atoms with Crippen molar-refractivity contribution in [1.82, 2.24) is 19.7 Å². The lowest BCUT2D eigenvalue weighted by molar-refractivity contribution is 0.0991. The minimum absolute atomic E-state index is 0.100. The second-order valence-corrected chi connectivity index (χ2v) is 9.21. The van der Waals surface area contributed by atoms with Crippen molar-refractivity contribution in [3.8, 4) is 11.3 Å². The van der Waals surface area contributed by atoms with E-state index in [1.807, 2.05) is 46.5 Å². The van der Waals surface area contributed by atoms with E-state index >= 15 is 0 Å². The highest BCUT2D eigenvalue weighted by molar-refractivity contribution is 7.14. The summed E-state index contributed by atoms with van der Waals surface area (Å²) in [4.78, 5) is 25.2. The van der Waals surface area contributed by atoms with Crippen molar-refractivity contribution in [3.05, 3.63) is 71.9 Å². The second kappa shape index (κ2) is 8.31. The standard InChI is InChI=1S/C25H25N5OS/c1-4-12-29(25-28-22(15-32-25)17-8-6-5-7-9-17)24(31)19-13-21(18-10-11-18)27-23-20(19)14-26-30(23)16(2)3/h4-9,13-16,18H,1,10-12H2,2-3H3.